The van der Waals surface area contributed by atoms with Crippen LogP contribution < -0.4 is 0 Å². The first-order valence-corrected chi connectivity index (χ1v) is 3.74. The lowest BCUT2D eigenvalue weighted by Gasteiger charge is -2.20. The fraction of sp³-hybridized carbons (Fsp3) is 0.714. The summed E-state index contributed by atoms with van der Waals surface area (Å²) in [5, 5.41) is 8.44. The van der Waals surface area contributed by atoms with Crippen LogP contribution in [0.25, 0.3) is 0 Å². The van der Waals surface area contributed by atoms with Crippen molar-refractivity contribution < 1.29 is 18.0 Å². The first-order valence-electron chi connectivity index (χ1n) is 3.74. The number of amides is 1. The lowest BCUT2D eigenvalue weighted by molar-refractivity contribution is -0.185. The molecule has 13 heavy (non-hydrogen) atoms. The summed E-state index contributed by atoms with van der Waals surface area (Å²) in [4.78, 5) is 11.3. The fourth-order valence-electron chi connectivity index (χ4n) is 1.31. The summed E-state index contributed by atoms with van der Waals surface area (Å²) < 4.78 is 35.7. The normalized spacial score (nSPS) is 22.9. The Hall–Kier alpha value is -1.25. The molecule has 3 nitrogen and oxygen atoms in total. The Balaban J connectivity index is 2.73. The largest absolute Gasteiger partial charge is 0.471 e. The zero-order chi connectivity index (χ0) is 10.1. The summed E-state index contributed by atoms with van der Waals surface area (Å²) in [5.74, 6) is -1.91. The lowest BCUT2D eigenvalue weighted by atomic mass is 10.2. The number of hydrogen-bond acceptors (Lipinski definition) is 2. The molecule has 1 saturated heterocycles. The van der Waals surface area contributed by atoms with Gasteiger partial charge in [-0.25, -0.2) is 0 Å². The summed E-state index contributed by atoms with van der Waals surface area (Å²) in [7, 11) is 0. The van der Waals surface area contributed by atoms with E-state index in [-0.39, 0.29) is 6.54 Å². The van der Waals surface area contributed by atoms with Gasteiger partial charge in [-0.3, -0.25) is 4.79 Å². The minimum atomic E-state index is -4.86. The molecule has 1 aliphatic heterocycles. The molecule has 0 unspecified atom stereocenters. The van der Waals surface area contributed by atoms with E-state index in [0.717, 1.165) is 0 Å². The van der Waals surface area contributed by atoms with Crippen LogP contribution >= 0.6 is 0 Å². The third-order valence-electron chi connectivity index (χ3n) is 1.91. The molecule has 72 valence electrons. The van der Waals surface area contributed by atoms with E-state index in [1.807, 2.05) is 0 Å². The van der Waals surface area contributed by atoms with E-state index in [1.165, 1.54) is 0 Å². The average molecular weight is 192 g/mol. The molecule has 0 bridgehead atoms. The number of hydrogen-bond donors (Lipinski definition) is 0. The van der Waals surface area contributed by atoms with E-state index in [4.69, 9.17) is 5.26 Å². The van der Waals surface area contributed by atoms with Crippen molar-refractivity contribution in [2.24, 2.45) is 0 Å². The molecule has 0 aromatic heterocycles. The van der Waals surface area contributed by atoms with Crippen LogP contribution in [0.5, 0.6) is 0 Å². The van der Waals surface area contributed by atoms with E-state index in [9.17, 15) is 18.0 Å². The molecule has 0 saturated carbocycles. The predicted octanol–water partition coefficient (Wildman–Crippen LogP) is 1.06. The summed E-state index contributed by atoms with van der Waals surface area (Å²) >= 11 is 0. The van der Waals surface area contributed by atoms with Crippen LogP contribution in [0.2, 0.25) is 0 Å². The van der Waals surface area contributed by atoms with Crippen molar-refractivity contribution in [3.8, 4) is 6.07 Å². The number of likely N-dealkylation sites (tertiary alicyclic amines) is 1. The van der Waals surface area contributed by atoms with Crippen LogP contribution in [0.4, 0.5) is 13.2 Å². The van der Waals surface area contributed by atoms with Gasteiger partial charge < -0.3 is 4.90 Å². The highest BCUT2D eigenvalue weighted by Crippen LogP contribution is 2.24. The third kappa shape index (κ3) is 1.91. The summed E-state index contributed by atoms with van der Waals surface area (Å²) in [6, 6.07) is 0.764. The fourth-order valence-corrected chi connectivity index (χ4v) is 1.31. The van der Waals surface area contributed by atoms with Gasteiger partial charge in [-0.2, -0.15) is 18.4 Å². The van der Waals surface area contributed by atoms with Crippen LogP contribution in [-0.2, 0) is 4.79 Å². The number of nitriles is 1. The molecule has 0 N–H and O–H groups in total. The molecule has 6 heteroatoms. The highest BCUT2D eigenvalue weighted by Gasteiger charge is 2.45. The van der Waals surface area contributed by atoms with Gasteiger partial charge in [-0.15, -0.1) is 0 Å². The average Bonchev–Trinajstić information content (AvgIpc) is 2.48. The zero-order valence-corrected chi connectivity index (χ0v) is 6.64. The van der Waals surface area contributed by atoms with Gasteiger partial charge in [0.05, 0.1) is 6.07 Å². The number of rotatable bonds is 0. The molecule has 1 amide bonds. The maximum atomic E-state index is 11.9. The van der Waals surface area contributed by atoms with Gasteiger partial charge in [0.1, 0.15) is 6.04 Å². The van der Waals surface area contributed by atoms with Crippen molar-refractivity contribution in [1.82, 2.24) is 4.90 Å². The topological polar surface area (TPSA) is 44.1 Å². The Labute approximate surface area is 72.7 Å². The van der Waals surface area contributed by atoms with Crippen LogP contribution in [0.15, 0.2) is 0 Å². The molecule has 0 spiro atoms. The van der Waals surface area contributed by atoms with Crippen LogP contribution in [0.3, 0.4) is 0 Å². The summed E-state index contributed by atoms with van der Waals surface area (Å²) in [6.07, 6.45) is -4.07. The lowest BCUT2D eigenvalue weighted by Crippen LogP contribution is -2.43. The van der Waals surface area contributed by atoms with Gasteiger partial charge in [-0.1, -0.05) is 0 Å². The van der Waals surface area contributed by atoms with Crippen molar-refractivity contribution in [3.05, 3.63) is 0 Å². The number of halogens is 3. The van der Waals surface area contributed by atoms with E-state index in [0.29, 0.717) is 17.7 Å². The Morgan fingerprint density at radius 2 is 2.15 bits per heavy atom. The van der Waals surface area contributed by atoms with Crippen molar-refractivity contribution >= 4 is 5.91 Å². The smallest absolute Gasteiger partial charge is 0.319 e. The summed E-state index contributed by atoms with van der Waals surface area (Å²) in [6.45, 7) is 0.0244. The van der Waals surface area contributed by atoms with Gasteiger partial charge in [0.25, 0.3) is 0 Å². The second kappa shape index (κ2) is 3.24. The third-order valence-corrected chi connectivity index (χ3v) is 1.91. The predicted molar refractivity (Wildman–Crippen MR) is 36.4 cm³/mol. The Bertz CT molecular complexity index is 255. The molecule has 1 aliphatic rings. The molecule has 1 atom stereocenters. The highest BCUT2D eigenvalue weighted by atomic mass is 19.4. The molecule has 1 rings (SSSR count). The second-order valence-electron chi connectivity index (χ2n) is 2.78. The number of carbonyl (C=O) groups is 1. The molecule has 1 fully saturated rings. The van der Waals surface area contributed by atoms with Gasteiger partial charge in [0, 0.05) is 6.54 Å². The van der Waals surface area contributed by atoms with Crippen molar-refractivity contribution in [2.75, 3.05) is 6.54 Å². The molecular weight excluding hydrogens is 185 g/mol. The van der Waals surface area contributed by atoms with Gasteiger partial charge in [0.15, 0.2) is 0 Å². The maximum Gasteiger partial charge on any atom is 0.471 e. The molecule has 0 aliphatic carbocycles. The highest BCUT2D eigenvalue weighted by molar-refractivity contribution is 5.82. The number of alkyl halides is 3. The van der Waals surface area contributed by atoms with E-state index < -0.39 is 18.1 Å². The van der Waals surface area contributed by atoms with Crippen LogP contribution in [0.1, 0.15) is 12.8 Å². The number of nitrogens with zero attached hydrogens (tertiary/aromatic N) is 2. The zero-order valence-electron chi connectivity index (χ0n) is 6.64. The Morgan fingerprint density at radius 3 is 2.62 bits per heavy atom. The first-order chi connectivity index (χ1) is 5.96. The standard InChI is InChI=1S/C7H7F3N2O/c8-7(9,10)6(13)12-3-1-2-5(12)4-11/h5H,1-3H2/t5-/m0/s1. The van der Waals surface area contributed by atoms with E-state index in [1.54, 1.807) is 6.07 Å². The van der Waals surface area contributed by atoms with E-state index in [2.05, 4.69) is 0 Å². The second-order valence-corrected chi connectivity index (χ2v) is 2.78. The molecular formula is C7H7F3N2O. The van der Waals surface area contributed by atoms with Crippen LogP contribution in [-0.4, -0.2) is 29.6 Å². The first kappa shape index (κ1) is 9.84. The molecule has 0 aromatic carbocycles. The van der Waals surface area contributed by atoms with Gasteiger partial charge in [0.2, 0.25) is 0 Å². The molecule has 1 heterocycles. The quantitative estimate of drug-likeness (QED) is 0.576. The van der Waals surface area contributed by atoms with E-state index >= 15 is 0 Å². The number of carbonyl (C=O) groups excluding carboxylic acids is 1. The molecule has 0 aromatic rings. The SMILES string of the molecule is N#C[C@@H]1CCCN1C(=O)C(F)(F)F. The monoisotopic (exact) mass is 192 g/mol. The van der Waals surface area contributed by atoms with Gasteiger partial charge >= 0.3 is 12.1 Å². The Morgan fingerprint density at radius 1 is 1.54 bits per heavy atom. The Kier molecular flexibility index (Phi) is 2.45. The van der Waals surface area contributed by atoms with Crippen molar-refractivity contribution in [3.63, 3.8) is 0 Å². The van der Waals surface area contributed by atoms with Gasteiger partial charge in [-0.05, 0) is 12.8 Å². The molecule has 0 radical (unpaired) electrons. The minimum absolute atomic E-state index is 0.0244. The summed E-state index contributed by atoms with van der Waals surface area (Å²) in [5.41, 5.74) is 0. The minimum Gasteiger partial charge on any atom is -0.319 e. The van der Waals surface area contributed by atoms with Crippen molar-refractivity contribution in [1.29, 1.82) is 5.26 Å². The van der Waals surface area contributed by atoms with Crippen LogP contribution in [0, 0.1) is 11.3 Å². The van der Waals surface area contributed by atoms with Crippen molar-refractivity contribution in [2.45, 2.75) is 25.1 Å². The maximum absolute atomic E-state index is 11.9.